The molecule has 1 heterocycles. The lowest BCUT2D eigenvalue weighted by molar-refractivity contribution is -0.120. The second kappa shape index (κ2) is 4.79. The highest BCUT2D eigenvalue weighted by molar-refractivity contribution is 7.89. The van der Waals surface area contributed by atoms with Crippen molar-refractivity contribution in [2.24, 2.45) is 5.73 Å². The van der Waals surface area contributed by atoms with Gasteiger partial charge >= 0.3 is 0 Å². The van der Waals surface area contributed by atoms with Gasteiger partial charge in [-0.05, 0) is 37.0 Å². The molecule has 6 nitrogen and oxygen atoms in total. The summed E-state index contributed by atoms with van der Waals surface area (Å²) >= 11 is 0. The minimum absolute atomic E-state index is 0.0979. The second-order valence-corrected chi connectivity index (χ2v) is 7.42. The number of carbonyl (C=O) groups excluding carboxylic acids is 1. The summed E-state index contributed by atoms with van der Waals surface area (Å²) < 4.78 is 26.6. The Kier molecular flexibility index (Phi) is 3.31. The molecule has 114 valence electrons. The molecule has 0 saturated heterocycles. The first-order chi connectivity index (χ1) is 9.87. The number of carbonyl (C=O) groups is 1. The normalized spacial score (nSPS) is 19.4. The van der Waals surface area contributed by atoms with E-state index >= 15 is 0 Å². The van der Waals surface area contributed by atoms with Crippen molar-refractivity contribution < 1.29 is 13.2 Å². The Morgan fingerprint density at radius 3 is 2.76 bits per heavy atom. The first kappa shape index (κ1) is 14.5. The highest BCUT2D eigenvalue weighted by Gasteiger charge is 2.49. The topological polar surface area (TPSA) is 92.5 Å². The number of anilines is 1. The van der Waals surface area contributed by atoms with Crippen LogP contribution in [0.25, 0.3) is 0 Å². The van der Waals surface area contributed by atoms with Gasteiger partial charge in [-0.15, -0.1) is 0 Å². The summed E-state index contributed by atoms with van der Waals surface area (Å²) in [6.07, 6.45) is 2.14. The fourth-order valence-corrected chi connectivity index (χ4v) is 3.69. The van der Waals surface area contributed by atoms with E-state index < -0.39 is 15.6 Å². The van der Waals surface area contributed by atoms with Crippen LogP contribution in [0.15, 0.2) is 23.1 Å². The quantitative estimate of drug-likeness (QED) is 0.840. The number of rotatable bonds is 4. The van der Waals surface area contributed by atoms with Gasteiger partial charge in [0.05, 0.1) is 10.4 Å². The Hall–Kier alpha value is -1.44. The van der Waals surface area contributed by atoms with E-state index in [2.05, 4.69) is 4.72 Å². The van der Waals surface area contributed by atoms with E-state index in [-0.39, 0.29) is 10.8 Å². The lowest BCUT2D eigenvalue weighted by Crippen LogP contribution is -2.45. The van der Waals surface area contributed by atoms with Crippen LogP contribution >= 0.6 is 0 Å². The number of sulfonamides is 1. The molecule has 3 N–H and O–H groups in total. The van der Waals surface area contributed by atoms with Gasteiger partial charge in [0, 0.05) is 18.8 Å². The van der Waals surface area contributed by atoms with Crippen molar-refractivity contribution in [3.63, 3.8) is 0 Å². The van der Waals surface area contributed by atoms with Gasteiger partial charge in [0.25, 0.3) is 0 Å². The molecule has 1 saturated carbocycles. The van der Waals surface area contributed by atoms with Crippen molar-refractivity contribution >= 4 is 21.6 Å². The van der Waals surface area contributed by atoms with Gasteiger partial charge in [-0.3, -0.25) is 4.79 Å². The van der Waals surface area contributed by atoms with Crippen LogP contribution in [-0.4, -0.2) is 33.0 Å². The Bertz CT molecular complexity index is 695. The Morgan fingerprint density at radius 2 is 2.14 bits per heavy atom. The molecule has 21 heavy (non-hydrogen) atoms. The van der Waals surface area contributed by atoms with Crippen molar-refractivity contribution in [3.8, 4) is 0 Å². The first-order valence-electron chi connectivity index (χ1n) is 7.11. The van der Waals surface area contributed by atoms with E-state index in [1.807, 2.05) is 0 Å². The molecule has 1 aromatic rings. The maximum Gasteiger partial charge on any atom is 0.247 e. The third-order valence-electron chi connectivity index (χ3n) is 4.06. The lowest BCUT2D eigenvalue weighted by Gasteiger charge is -2.21. The van der Waals surface area contributed by atoms with Crippen molar-refractivity contribution in [1.29, 1.82) is 0 Å². The monoisotopic (exact) mass is 309 g/mol. The third kappa shape index (κ3) is 2.45. The molecule has 0 aromatic heterocycles. The molecular weight excluding hydrogens is 290 g/mol. The summed E-state index contributed by atoms with van der Waals surface area (Å²) in [6.45, 7) is 2.62. The summed E-state index contributed by atoms with van der Waals surface area (Å²) in [6, 6.07) is 4.94. The first-order valence-corrected chi connectivity index (χ1v) is 8.59. The van der Waals surface area contributed by atoms with Gasteiger partial charge in [-0.1, -0.05) is 13.0 Å². The highest BCUT2D eigenvalue weighted by Crippen LogP contribution is 2.39. The molecule has 1 aliphatic carbocycles. The molecule has 1 fully saturated rings. The number of nitrogens with zero attached hydrogens (tertiary/aromatic N) is 1. The summed E-state index contributed by atoms with van der Waals surface area (Å²) in [5.74, 6) is -0.0979. The van der Waals surface area contributed by atoms with Crippen LogP contribution in [0.2, 0.25) is 0 Å². The number of nitrogens with one attached hydrogen (secondary N) is 1. The molecule has 0 atom stereocenters. The van der Waals surface area contributed by atoms with Gasteiger partial charge in [-0.25, -0.2) is 13.1 Å². The Labute approximate surface area is 124 Å². The van der Waals surface area contributed by atoms with E-state index in [1.165, 1.54) is 0 Å². The molecule has 1 aromatic carbocycles. The van der Waals surface area contributed by atoms with E-state index in [9.17, 15) is 13.2 Å². The number of nitrogens with two attached hydrogens (primary N) is 1. The Balaban J connectivity index is 1.96. The summed E-state index contributed by atoms with van der Waals surface area (Å²) in [5.41, 5.74) is 6.90. The molecule has 2 aliphatic rings. The van der Waals surface area contributed by atoms with Crippen molar-refractivity contribution in [3.05, 3.63) is 23.8 Å². The zero-order valence-electron chi connectivity index (χ0n) is 11.9. The van der Waals surface area contributed by atoms with Crippen LogP contribution in [0.5, 0.6) is 0 Å². The molecule has 1 aliphatic heterocycles. The standard InChI is InChI=1S/C14H19N3O3S/c1-2-16-21(19,20)11-4-3-10-5-8-17(12(10)9-11)13(18)14(15)6-7-14/h3-4,9,16H,2,5-8,15H2,1H3. The van der Waals surface area contributed by atoms with Gasteiger partial charge in [-0.2, -0.15) is 0 Å². The zero-order valence-corrected chi connectivity index (χ0v) is 12.7. The largest absolute Gasteiger partial charge is 0.317 e. The lowest BCUT2D eigenvalue weighted by atomic mass is 10.1. The Morgan fingerprint density at radius 1 is 1.43 bits per heavy atom. The molecule has 7 heteroatoms. The third-order valence-corrected chi connectivity index (χ3v) is 5.60. The van der Waals surface area contributed by atoms with Crippen LogP contribution in [0.1, 0.15) is 25.3 Å². The predicted molar refractivity (Wildman–Crippen MR) is 79.5 cm³/mol. The fourth-order valence-electron chi connectivity index (χ4n) is 2.63. The summed E-state index contributed by atoms with van der Waals surface area (Å²) in [4.78, 5) is 14.2. The molecule has 0 spiro atoms. The van der Waals surface area contributed by atoms with Gasteiger partial charge in [0.1, 0.15) is 0 Å². The number of amides is 1. The number of hydrogen-bond donors (Lipinski definition) is 2. The van der Waals surface area contributed by atoms with Crippen molar-refractivity contribution in [2.45, 2.75) is 36.6 Å². The van der Waals surface area contributed by atoms with Crippen LogP contribution in [0.3, 0.4) is 0 Å². The maximum atomic E-state index is 12.4. The molecule has 3 rings (SSSR count). The number of fused-ring (bicyclic) bond motifs is 1. The van der Waals surface area contributed by atoms with Crippen molar-refractivity contribution in [2.75, 3.05) is 18.0 Å². The van der Waals surface area contributed by atoms with E-state index in [1.54, 1.807) is 30.0 Å². The highest BCUT2D eigenvalue weighted by atomic mass is 32.2. The molecule has 0 unspecified atom stereocenters. The van der Waals surface area contributed by atoms with Crippen LogP contribution < -0.4 is 15.4 Å². The van der Waals surface area contributed by atoms with Crippen LogP contribution in [0, 0.1) is 0 Å². The zero-order chi connectivity index (χ0) is 15.3. The average Bonchev–Trinajstić information content (AvgIpc) is 3.05. The summed E-state index contributed by atoms with van der Waals surface area (Å²) in [5, 5.41) is 0. The van der Waals surface area contributed by atoms with E-state index in [0.717, 1.165) is 12.0 Å². The van der Waals surface area contributed by atoms with Gasteiger partial charge in [0.15, 0.2) is 0 Å². The summed E-state index contributed by atoms with van der Waals surface area (Å²) in [7, 11) is -3.52. The SMILES string of the molecule is CCNS(=O)(=O)c1ccc2c(c1)N(C(=O)C1(N)CC1)CC2. The molecule has 0 bridgehead atoms. The van der Waals surface area contributed by atoms with E-state index in [0.29, 0.717) is 31.6 Å². The minimum atomic E-state index is -3.52. The predicted octanol–water partition coefficient (Wildman–Crippen LogP) is 0.365. The van der Waals surface area contributed by atoms with E-state index in [4.69, 9.17) is 5.73 Å². The van der Waals surface area contributed by atoms with Crippen molar-refractivity contribution in [1.82, 2.24) is 4.72 Å². The van der Waals surface area contributed by atoms with Gasteiger partial charge in [0.2, 0.25) is 15.9 Å². The number of benzene rings is 1. The molecule has 1 amide bonds. The average molecular weight is 309 g/mol. The number of hydrogen-bond acceptors (Lipinski definition) is 4. The maximum absolute atomic E-state index is 12.4. The smallest absolute Gasteiger partial charge is 0.247 e. The molecular formula is C14H19N3O3S. The molecule has 0 radical (unpaired) electrons. The van der Waals surface area contributed by atoms with Crippen LogP contribution in [0.4, 0.5) is 5.69 Å². The minimum Gasteiger partial charge on any atom is -0.317 e. The fraction of sp³-hybridized carbons (Fsp3) is 0.500. The van der Waals surface area contributed by atoms with Gasteiger partial charge < -0.3 is 10.6 Å². The second-order valence-electron chi connectivity index (χ2n) is 5.65. The van der Waals surface area contributed by atoms with Crippen LogP contribution in [-0.2, 0) is 21.2 Å².